The van der Waals surface area contributed by atoms with Crippen LogP contribution in [0, 0.1) is 6.92 Å². The van der Waals surface area contributed by atoms with Crippen molar-refractivity contribution in [1.29, 1.82) is 0 Å². The van der Waals surface area contributed by atoms with Gasteiger partial charge in [0.1, 0.15) is 5.82 Å². The molecule has 1 atom stereocenters. The molecule has 5 heteroatoms. The third-order valence-electron chi connectivity index (χ3n) is 6.07. The van der Waals surface area contributed by atoms with E-state index in [1.165, 1.54) is 11.1 Å². The van der Waals surface area contributed by atoms with Gasteiger partial charge < -0.3 is 15.8 Å². The Morgan fingerprint density at radius 2 is 2.03 bits per heavy atom. The third-order valence-corrected chi connectivity index (χ3v) is 6.07. The minimum atomic E-state index is -0.183. The first kappa shape index (κ1) is 21.3. The summed E-state index contributed by atoms with van der Waals surface area (Å²) >= 11 is 0. The highest BCUT2D eigenvalue weighted by molar-refractivity contribution is 5.87. The third kappa shape index (κ3) is 5.05. The van der Waals surface area contributed by atoms with Gasteiger partial charge in [0.25, 0.3) is 0 Å². The predicted octanol–water partition coefficient (Wildman–Crippen LogP) is 4.80. The Balaban J connectivity index is 1.48. The number of fused-ring (bicyclic) bond motifs is 1. The lowest BCUT2D eigenvalue weighted by Crippen LogP contribution is -2.45. The van der Waals surface area contributed by atoms with Crippen molar-refractivity contribution in [3.63, 3.8) is 0 Å². The molecular weight excluding hydrogens is 386 g/mol. The first-order chi connectivity index (χ1) is 14.8. The summed E-state index contributed by atoms with van der Waals surface area (Å²) in [7, 11) is 0. The molecule has 31 heavy (non-hydrogen) atoms. The Bertz CT molecular complexity index is 1110. The summed E-state index contributed by atoms with van der Waals surface area (Å²) in [6, 6.07) is 16.8. The molecule has 1 aliphatic rings. The van der Waals surface area contributed by atoms with Crippen molar-refractivity contribution in [3.8, 4) is 11.1 Å². The van der Waals surface area contributed by atoms with Crippen molar-refractivity contribution in [1.82, 2.24) is 10.3 Å². The Hall–Kier alpha value is -2.92. The van der Waals surface area contributed by atoms with Gasteiger partial charge in [-0.2, -0.15) is 0 Å². The number of pyridine rings is 1. The number of nitrogens with two attached hydrogens (primary N) is 1. The topological polar surface area (TPSA) is 77.2 Å². The van der Waals surface area contributed by atoms with E-state index in [0.717, 1.165) is 34.9 Å². The Morgan fingerprint density at radius 1 is 1.23 bits per heavy atom. The summed E-state index contributed by atoms with van der Waals surface area (Å²) in [5, 5.41) is 4.20. The van der Waals surface area contributed by atoms with Crippen LogP contribution in [0.15, 0.2) is 48.5 Å². The van der Waals surface area contributed by atoms with E-state index in [9.17, 15) is 4.79 Å². The molecule has 2 heterocycles. The van der Waals surface area contributed by atoms with Gasteiger partial charge in [-0.15, -0.1) is 0 Å². The van der Waals surface area contributed by atoms with E-state index >= 15 is 0 Å². The Kier molecular flexibility index (Phi) is 5.96. The predicted molar refractivity (Wildman–Crippen MR) is 126 cm³/mol. The zero-order chi connectivity index (χ0) is 22.0. The number of nitrogen functional groups attached to an aromatic ring is 1. The summed E-state index contributed by atoms with van der Waals surface area (Å²) in [6.45, 7) is 6.93. The van der Waals surface area contributed by atoms with Crippen molar-refractivity contribution in [2.24, 2.45) is 0 Å². The number of hydrogen-bond acceptors (Lipinski definition) is 4. The van der Waals surface area contributed by atoms with E-state index in [0.29, 0.717) is 25.3 Å². The second-order valence-electron chi connectivity index (χ2n) is 9.12. The van der Waals surface area contributed by atoms with Crippen molar-refractivity contribution in [2.45, 2.75) is 58.1 Å². The smallest absolute Gasteiger partial charge is 0.220 e. The van der Waals surface area contributed by atoms with Crippen LogP contribution in [0.4, 0.5) is 5.82 Å². The molecule has 3 N–H and O–H groups in total. The molecule has 4 rings (SSSR count). The van der Waals surface area contributed by atoms with Crippen molar-refractivity contribution < 1.29 is 9.53 Å². The van der Waals surface area contributed by atoms with E-state index in [1.54, 1.807) is 0 Å². The fraction of sp³-hybridized carbons (Fsp3) is 0.385. The molecule has 0 spiro atoms. The number of benzene rings is 2. The first-order valence-electron chi connectivity index (χ1n) is 11.0. The summed E-state index contributed by atoms with van der Waals surface area (Å²) in [6.07, 6.45) is 2.66. The van der Waals surface area contributed by atoms with Gasteiger partial charge in [0.15, 0.2) is 0 Å². The molecule has 1 aliphatic heterocycles. The first-order valence-corrected chi connectivity index (χ1v) is 11.0. The van der Waals surface area contributed by atoms with Gasteiger partial charge in [0.05, 0.1) is 11.1 Å². The van der Waals surface area contributed by atoms with Crippen LogP contribution in [0.2, 0.25) is 0 Å². The number of carbonyl (C=O) groups is 1. The van der Waals surface area contributed by atoms with Gasteiger partial charge in [0.2, 0.25) is 5.91 Å². The van der Waals surface area contributed by atoms with Crippen molar-refractivity contribution in [3.05, 3.63) is 59.7 Å². The number of aryl methyl sites for hydroxylation is 2. The number of nitrogens with zero attached hydrogens (tertiary/aromatic N) is 1. The van der Waals surface area contributed by atoms with E-state index in [2.05, 4.69) is 67.5 Å². The van der Waals surface area contributed by atoms with Gasteiger partial charge in [-0.3, -0.25) is 4.79 Å². The number of amides is 1. The van der Waals surface area contributed by atoms with Crippen LogP contribution in [-0.2, 0) is 16.0 Å². The summed E-state index contributed by atoms with van der Waals surface area (Å²) in [5.41, 5.74) is 11.4. The van der Waals surface area contributed by atoms with E-state index in [4.69, 9.17) is 10.5 Å². The molecule has 2 aromatic carbocycles. The molecule has 0 bridgehead atoms. The van der Waals surface area contributed by atoms with Crippen LogP contribution in [-0.4, -0.2) is 29.1 Å². The van der Waals surface area contributed by atoms with Gasteiger partial charge in [-0.25, -0.2) is 4.98 Å². The average Bonchev–Trinajstić information content (AvgIpc) is 2.71. The van der Waals surface area contributed by atoms with Crippen LogP contribution in [0.25, 0.3) is 22.0 Å². The molecule has 1 aromatic heterocycles. The molecule has 1 amide bonds. The number of anilines is 1. The molecule has 0 saturated carbocycles. The minimum absolute atomic E-state index is 0.0517. The maximum absolute atomic E-state index is 12.5. The lowest BCUT2D eigenvalue weighted by atomic mass is 9.94. The van der Waals surface area contributed by atoms with Crippen LogP contribution in [0.5, 0.6) is 0 Å². The number of ether oxygens (including phenoxy) is 1. The number of nitrogens with one attached hydrogen (secondary N) is 1. The maximum Gasteiger partial charge on any atom is 0.220 e. The summed E-state index contributed by atoms with van der Waals surface area (Å²) < 4.78 is 5.74. The fourth-order valence-corrected chi connectivity index (χ4v) is 4.40. The lowest BCUT2D eigenvalue weighted by Gasteiger charge is -2.35. The van der Waals surface area contributed by atoms with Crippen LogP contribution in [0.3, 0.4) is 0 Å². The van der Waals surface area contributed by atoms with Gasteiger partial charge >= 0.3 is 0 Å². The minimum Gasteiger partial charge on any atom is -0.383 e. The normalized spacial score (nSPS) is 18.1. The maximum atomic E-state index is 12.5. The van der Waals surface area contributed by atoms with E-state index in [-0.39, 0.29) is 17.6 Å². The van der Waals surface area contributed by atoms with Crippen LogP contribution < -0.4 is 11.1 Å². The molecule has 1 fully saturated rings. The highest BCUT2D eigenvalue weighted by Gasteiger charge is 2.29. The van der Waals surface area contributed by atoms with Gasteiger partial charge in [0, 0.05) is 24.5 Å². The molecule has 0 radical (unpaired) electrons. The number of hydrogen-bond donors (Lipinski definition) is 2. The highest BCUT2D eigenvalue weighted by atomic mass is 16.5. The van der Waals surface area contributed by atoms with Gasteiger partial charge in [-0.1, -0.05) is 30.3 Å². The van der Waals surface area contributed by atoms with Crippen LogP contribution >= 0.6 is 0 Å². The van der Waals surface area contributed by atoms with Crippen molar-refractivity contribution in [2.75, 3.05) is 12.3 Å². The lowest BCUT2D eigenvalue weighted by molar-refractivity contribution is -0.124. The molecule has 0 aliphatic carbocycles. The Morgan fingerprint density at radius 3 is 2.81 bits per heavy atom. The molecule has 5 nitrogen and oxygen atoms in total. The molecule has 1 saturated heterocycles. The number of aromatic nitrogens is 1. The Labute approximate surface area is 184 Å². The van der Waals surface area contributed by atoms with E-state index in [1.807, 2.05) is 12.1 Å². The zero-order valence-corrected chi connectivity index (χ0v) is 18.6. The molecule has 162 valence electrons. The monoisotopic (exact) mass is 417 g/mol. The summed E-state index contributed by atoms with van der Waals surface area (Å²) in [4.78, 5) is 17.1. The van der Waals surface area contributed by atoms with Gasteiger partial charge in [-0.05, 0) is 80.5 Å². The second kappa shape index (κ2) is 8.67. The summed E-state index contributed by atoms with van der Waals surface area (Å²) in [5.74, 6) is 0.548. The van der Waals surface area contributed by atoms with Crippen molar-refractivity contribution >= 4 is 22.6 Å². The number of carbonyl (C=O) groups excluding carboxylic acids is 1. The van der Waals surface area contributed by atoms with E-state index < -0.39 is 0 Å². The number of rotatable bonds is 5. The molecule has 1 unspecified atom stereocenters. The average molecular weight is 418 g/mol. The zero-order valence-electron chi connectivity index (χ0n) is 18.6. The largest absolute Gasteiger partial charge is 0.383 e. The molecular formula is C26H31N3O2. The van der Waals surface area contributed by atoms with Crippen LogP contribution in [0.1, 0.15) is 44.2 Å². The quantitative estimate of drug-likeness (QED) is 0.625. The SMILES string of the molecule is Cc1ccccc1-c1ccc2nc(N)c(CCC(=O)NC3CCOC(C)(C)C3)cc2c1. The highest BCUT2D eigenvalue weighted by Crippen LogP contribution is 2.28. The molecule has 3 aromatic rings. The fourth-order valence-electron chi connectivity index (χ4n) is 4.40. The second-order valence-corrected chi connectivity index (χ2v) is 9.12. The standard InChI is InChI=1S/C26H31N3O2/c1-17-6-4-5-7-22(17)18-8-10-23-20(14-18)15-19(25(27)29-23)9-11-24(30)28-21-12-13-31-26(2,3)16-21/h4-8,10,14-15,21H,9,11-13,16H2,1-3H3,(H2,27,29)(H,28,30).